The van der Waals surface area contributed by atoms with E-state index in [0.717, 1.165) is 6.07 Å². The zero-order valence-corrected chi connectivity index (χ0v) is 10.8. The van der Waals surface area contributed by atoms with E-state index in [9.17, 15) is 19.3 Å². The van der Waals surface area contributed by atoms with Crippen LogP contribution in [-0.4, -0.2) is 21.0 Å². The first kappa shape index (κ1) is 14.4. The number of rotatable bonds is 4. The van der Waals surface area contributed by atoms with E-state index in [1.165, 1.54) is 0 Å². The minimum Gasteiger partial charge on any atom is -0.396 e. The smallest absolute Gasteiger partial charge is 0.285 e. The summed E-state index contributed by atoms with van der Waals surface area (Å²) >= 11 is 0. The van der Waals surface area contributed by atoms with Crippen LogP contribution in [0.4, 0.5) is 15.8 Å². The Morgan fingerprint density at radius 3 is 2.86 bits per heavy atom. The van der Waals surface area contributed by atoms with E-state index in [2.05, 4.69) is 15.5 Å². The number of aromatic nitrogens is 2. The van der Waals surface area contributed by atoms with Crippen molar-refractivity contribution in [1.29, 1.82) is 0 Å². The molecule has 9 nitrogen and oxygen atoms in total. The van der Waals surface area contributed by atoms with Gasteiger partial charge in [0.25, 0.3) is 11.6 Å². The first-order valence-electron chi connectivity index (χ1n) is 5.69. The maximum absolute atomic E-state index is 13.2. The number of halogens is 1. The van der Waals surface area contributed by atoms with E-state index in [-0.39, 0.29) is 23.6 Å². The second-order valence-electron chi connectivity index (χ2n) is 4.06. The fraction of sp³-hybridized carbons (Fsp3) is 0.182. The number of nitrogen functional groups attached to an aromatic ring is 1. The number of carbonyl (C=O) groups is 1. The fourth-order valence-electron chi connectivity index (χ4n) is 1.58. The molecule has 21 heavy (non-hydrogen) atoms. The van der Waals surface area contributed by atoms with E-state index in [4.69, 9.17) is 10.3 Å². The van der Waals surface area contributed by atoms with Gasteiger partial charge in [-0.15, -0.1) is 0 Å². The van der Waals surface area contributed by atoms with Crippen LogP contribution in [0.5, 0.6) is 0 Å². The van der Waals surface area contributed by atoms with Crippen molar-refractivity contribution in [3.8, 4) is 0 Å². The van der Waals surface area contributed by atoms with Crippen LogP contribution in [0.25, 0.3) is 0 Å². The molecular formula is C11H10FN5O4. The second-order valence-corrected chi connectivity index (χ2v) is 4.06. The lowest BCUT2D eigenvalue weighted by atomic mass is 10.1. The number of nitrogens with zero attached hydrogens (tertiary/aromatic N) is 3. The summed E-state index contributed by atoms with van der Waals surface area (Å²) in [4.78, 5) is 25.8. The molecular weight excluding hydrogens is 285 g/mol. The molecule has 0 fully saturated rings. The predicted molar refractivity (Wildman–Crippen MR) is 67.7 cm³/mol. The van der Waals surface area contributed by atoms with Gasteiger partial charge in [0, 0.05) is 6.92 Å². The first-order valence-corrected chi connectivity index (χ1v) is 5.69. The SMILES string of the molecule is Cc1nc(CNC(=O)c2cc(N)c(F)cc2[N+](=O)[O-])no1. The van der Waals surface area contributed by atoms with Gasteiger partial charge in [-0.25, -0.2) is 4.39 Å². The number of hydrogen-bond acceptors (Lipinski definition) is 7. The van der Waals surface area contributed by atoms with Crippen molar-refractivity contribution < 1.29 is 18.6 Å². The van der Waals surface area contributed by atoms with Gasteiger partial charge in [-0.2, -0.15) is 4.98 Å². The van der Waals surface area contributed by atoms with E-state index in [0.29, 0.717) is 12.0 Å². The molecule has 0 spiro atoms. The van der Waals surface area contributed by atoms with Gasteiger partial charge in [0.05, 0.1) is 23.2 Å². The van der Waals surface area contributed by atoms with Gasteiger partial charge in [0.1, 0.15) is 5.56 Å². The maximum atomic E-state index is 13.2. The molecule has 1 aromatic carbocycles. The quantitative estimate of drug-likeness (QED) is 0.486. The standard InChI is InChI=1S/C11H10FN5O4/c1-5-15-10(16-21-5)4-14-11(18)6-2-8(13)7(12)3-9(6)17(19)20/h2-3H,4,13H2,1H3,(H,14,18). The lowest BCUT2D eigenvalue weighted by molar-refractivity contribution is -0.385. The van der Waals surface area contributed by atoms with Crippen molar-refractivity contribution in [3.63, 3.8) is 0 Å². The van der Waals surface area contributed by atoms with Gasteiger partial charge in [-0.1, -0.05) is 5.16 Å². The summed E-state index contributed by atoms with van der Waals surface area (Å²) in [5, 5.41) is 16.8. The minimum atomic E-state index is -0.966. The molecule has 0 unspecified atom stereocenters. The molecule has 10 heteroatoms. The fourth-order valence-corrected chi connectivity index (χ4v) is 1.58. The van der Waals surface area contributed by atoms with Gasteiger partial charge >= 0.3 is 0 Å². The third-order valence-corrected chi connectivity index (χ3v) is 2.53. The average molecular weight is 295 g/mol. The molecule has 2 rings (SSSR count). The zero-order chi connectivity index (χ0) is 15.6. The topological polar surface area (TPSA) is 137 Å². The number of hydrogen-bond donors (Lipinski definition) is 2. The number of aryl methyl sites for hydroxylation is 1. The lowest BCUT2D eigenvalue weighted by Gasteiger charge is -2.05. The van der Waals surface area contributed by atoms with Crippen LogP contribution in [-0.2, 0) is 6.54 Å². The number of amides is 1. The van der Waals surface area contributed by atoms with Crippen molar-refractivity contribution in [2.75, 3.05) is 5.73 Å². The Kier molecular flexibility index (Phi) is 3.78. The van der Waals surface area contributed by atoms with Crippen LogP contribution in [0.2, 0.25) is 0 Å². The number of nitro benzene ring substituents is 1. The summed E-state index contributed by atoms with van der Waals surface area (Å²) in [6, 6.07) is 1.51. The third kappa shape index (κ3) is 3.11. The second kappa shape index (κ2) is 5.53. The van der Waals surface area contributed by atoms with E-state index in [1.807, 2.05) is 0 Å². The van der Waals surface area contributed by atoms with Crippen LogP contribution >= 0.6 is 0 Å². The van der Waals surface area contributed by atoms with Gasteiger partial charge in [-0.3, -0.25) is 14.9 Å². The predicted octanol–water partition coefficient (Wildman–Crippen LogP) is 0.938. The average Bonchev–Trinajstić information content (AvgIpc) is 2.84. The normalized spacial score (nSPS) is 10.4. The van der Waals surface area contributed by atoms with E-state index >= 15 is 0 Å². The first-order chi connectivity index (χ1) is 9.88. The summed E-state index contributed by atoms with van der Waals surface area (Å²) in [5.74, 6) is -1.24. The molecule has 0 atom stereocenters. The summed E-state index contributed by atoms with van der Waals surface area (Å²) in [6.07, 6.45) is 0. The Bertz CT molecular complexity index is 715. The van der Waals surface area contributed by atoms with E-state index < -0.39 is 22.3 Å². The molecule has 0 bridgehead atoms. The Morgan fingerprint density at radius 1 is 1.57 bits per heavy atom. The van der Waals surface area contributed by atoms with Crippen LogP contribution < -0.4 is 11.1 Å². The molecule has 0 aliphatic heterocycles. The summed E-state index contributed by atoms with van der Waals surface area (Å²) < 4.78 is 18.0. The van der Waals surface area contributed by atoms with Crippen molar-refractivity contribution in [2.24, 2.45) is 0 Å². The number of nitrogens with two attached hydrogens (primary N) is 1. The summed E-state index contributed by atoms with van der Waals surface area (Å²) in [6.45, 7) is 1.48. The monoisotopic (exact) mass is 295 g/mol. The molecule has 1 aromatic heterocycles. The van der Waals surface area contributed by atoms with Crippen LogP contribution in [0, 0.1) is 22.9 Å². The van der Waals surface area contributed by atoms with Crippen LogP contribution in [0.15, 0.2) is 16.7 Å². The third-order valence-electron chi connectivity index (χ3n) is 2.53. The van der Waals surface area contributed by atoms with Gasteiger partial charge < -0.3 is 15.6 Å². The molecule has 0 aliphatic rings. The molecule has 0 saturated heterocycles. The highest BCUT2D eigenvalue weighted by molar-refractivity contribution is 5.99. The lowest BCUT2D eigenvalue weighted by Crippen LogP contribution is -2.24. The molecule has 110 valence electrons. The number of carbonyl (C=O) groups excluding carboxylic acids is 1. The summed E-state index contributed by atoms with van der Waals surface area (Å²) in [5.41, 5.74) is 3.94. The minimum absolute atomic E-state index is 0.0926. The Labute approximate surface area is 117 Å². The number of benzene rings is 1. The van der Waals surface area contributed by atoms with Crippen molar-refractivity contribution in [3.05, 3.63) is 45.3 Å². The Morgan fingerprint density at radius 2 is 2.29 bits per heavy atom. The number of nitrogens with one attached hydrogen (secondary N) is 1. The largest absolute Gasteiger partial charge is 0.396 e. The maximum Gasteiger partial charge on any atom is 0.285 e. The highest BCUT2D eigenvalue weighted by atomic mass is 19.1. The van der Waals surface area contributed by atoms with Crippen molar-refractivity contribution in [1.82, 2.24) is 15.5 Å². The Hall–Kier alpha value is -3.04. The highest BCUT2D eigenvalue weighted by Gasteiger charge is 2.23. The van der Waals surface area contributed by atoms with Crippen LogP contribution in [0.3, 0.4) is 0 Å². The molecule has 0 radical (unpaired) electrons. The highest BCUT2D eigenvalue weighted by Crippen LogP contribution is 2.24. The Balaban J connectivity index is 2.22. The van der Waals surface area contributed by atoms with E-state index in [1.54, 1.807) is 6.92 Å². The zero-order valence-electron chi connectivity index (χ0n) is 10.8. The molecule has 2 aromatic rings. The van der Waals surface area contributed by atoms with Gasteiger partial charge in [0.15, 0.2) is 11.6 Å². The van der Waals surface area contributed by atoms with Gasteiger partial charge in [0.2, 0.25) is 5.89 Å². The van der Waals surface area contributed by atoms with Crippen molar-refractivity contribution >= 4 is 17.3 Å². The molecule has 1 heterocycles. The molecule has 1 amide bonds. The van der Waals surface area contributed by atoms with Crippen molar-refractivity contribution in [2.45, 2.75) is 13.5 Å². The summed E-state index contributed by atoms with van der Waals surface area (Å²) in [7, 11) is 0. The van der Waals surface area contributed by atoms with Gasteiger partial charge in [-0.05, 0) is 6.07 Å². The molecule has 0 aliphatic carbocycles. The number of nitro groups is 1. The van der Waals surface area contributed by atoms with Crippen LogP contribution in [0.1, 0.15) is 22.1 Å². The number of anilines is 1. The molecule has 3 N–H and O–H groups in total. The molecule has 0 saturated carbocycles.